The molecule has 0 spiro atoms. The molecule has 0 aliphatic carbocycles. The van der Waals surface area contributed by atoms with E-state index in [9.17, 15) is 19.2 Å². The summed E-state index contributed by atoms with van der Waals surface area (Å²) in [4.78, 5) is 49.8. The Kier molecular flexibility index (Phi) is 7.12. The number of nitrogens with two attached hydrogens (primary N) is 1. The first-order chi connectivity index (χ1) is 15.7. The summed E-state index contributed by atoms with van der Waals surface area (Å²) in [7, 11) is 1.26. The molecule has 0 unspecified atom stereocenters. The van der Waals surface area contributed by atoms with Gasteiger partial charge in [-0.05, 0) is 42.7 Å². The topological polar surface area (TPSA) is 123 Å². The summed E-state index contributed by atoms with van der Waals surface area (Å²) in [6, 6.07) is 14.4. The van der Waals surface area contributed by atoms with E-state index in [4.69, 9.17) is 15.2 Å². The summed E-state index contributed by atoms with van der Waals surface area (Å²) in [5, 5.41) is 0. The van der Waals surface area contributed by atoms with Crippen molar-refractivity contribution < 1.29 is 19.1 Å². The second-order valence-corrected chi connectivity index (χ2v) is 7.60. The van der Waals surface area contributed by atoms with Crippen molar-refractivity contribution in [3.05, 3.63) is 91.6 Å². The Hall–Kier alpha value is -4.14. The Bertz CT molecular complexity index is 1310. The standard InChI is InChI=1S/C24H25N3O6/c1-15-9-10-18(11-16(15)2)32-14-20(29)33-13-19(28)21-22(25)27(24(31)26(3)23(21)30)12-17-7-5-4-6-8-17/h4-11H,12-14,25H2,1-3H3. The van der Waals surface area contributed by atoms with Crippen LogP contribution >= 0.6 is 0 Å². The molecule has 1 heterocycles. The fourth-order valence-electron chi connectivity index (χ4n) is 3.17. The third-order valence-corrected chi connectivity index (χ3v) is 5.24. The van der Waals surface area contributed by atoms with E-state index in [1.807, 2.05) is 26.0 Å². The number of hydrogen-bond acceptors (Lipinski definition) is 7. The molecule has 0 saturated heterocycles. The van der Waals surface area contributed by atoms with E-state index in [2.05, 4.69) is 0 Å². The molecule has 3 aromatic rings. The largest absolute Gasteiger partial charge is 0.482 e. The number of ether oxygens (including phenoxy) is 2. The fourth-order valence-corrected chi connectivity index (χ4v) is 3.17. The normalized spacial score (nSPS) is 10.6. The van der Waals surface area contributed by atoms with Crippen molar-refractivity contribution in [2.24, 2.45) is 7.05 Å². The lowest BCUT2D eigenvalue weighted by atomic mass is 10.1. The maximum Gasteiger partial charge on any atom is 0.344 e. The monoisotopic (exact) mass is 451 g/mol. The van der Waals surface area contributed by atoms with Crippen LogP contribution in [-0.4, -0.2) is 34.1 Å². The highest BCUT2D eigenvalue weighted by Crippen LogP contribution is 2.16. The zero-order chi connectivity index (χ0) is 24.1. The van der Waals surface area contributed by atoms with Gasteiger partial charge in [0.2, 0.25) is 5.78 Å². The number of carbonyl (C=O) groups excluding carboxylic acids is 2. The number of aryl methyl sites for hydroxylation is 2. The maximum absolute atomic E-state index is 12.7. The van der Waals surface area contributed by atoms with Crippen molar-refractivity contribution in [3.63, 3.8) is 0 Å². The first-order valence-electron chi connectivity index (χ1n) is 10.2. The molecular weight excluding hydrogens is 426 g/mol. The van der Waals surface area contributed by atoms with Crippen molar-refractivity contribution in [2.45, 2.75) is 20.4 Å². The number of esters is 1. The quantitative estimate of drug-likeness (QED) is 0.408. The van der Waals surface area contributed by atoms with Crippen molar-refractivity contribution >= 4 is 17.6 Å². The lowest BCUT2D eigenvalue weighted by Crippen LogP contribution is -2.43. The molecule has 1 aromatic heterocycles. The summed E-state index contributed by atoms with van der Waals surface area (Å²) in [6.07, 6.45) is 0. The Balaban J connectivity index is 1.72. The van der Waals surface area contributed by atoms with E-state index < -0.39 is 41.8 Å². The van der Waals surface area contributed by atoms with Gasteiger partial charge in [-0.25, -0.2) is 9.59 Å². The molecule has 172 valence electrons. The average Bonchev–Trinajstić information content (AvgIpc) is 2.80. The van der Waals surface area contributed by atoms with Gasteiger partial charge in [0.25, 0.3) is 5.56 Å². The molecule has 2 aromatic carbocycles. The summed E-state index contributed by atoms with van der Waals surface area (Å²) < 4.78 is 12.3. The van der Waals surface area contributed by atoms with Gasteiger partial charge < -0.3 is 15.2 Å². The number of nitrogens with zero attached hydrogens (tertiary/aromatic N) is 2. The van der Waals surface area contributed by atoms with E-state index in [1.54, 1.807) is 36.4 Å². The van der Waals surface area contributed by atoms with E-state index in [-0.39, 0.29) is 12.4 Å². The first-order valence-corrected chi connectivity index (χ1v) is 10.2. The lowest BCUT2D eigenvalue weighted by Gasteiger charge is -2.15. The Morgan fingerprint density at radius 1 is 0.970 bits per heavy atom. The highest BCUT2D eigenvalue weighted by Gasteiger charge is 2.23. The highest BCUT2D eigenvalue weighted by molar-refractivity contribution is 6.01. The molecule has 9 heteroatoms. The van der Waals surface area contributed by atoms with E-state index in [0.29, 0.717) is 5.75 Å². The van der Waals surface area contributed by atoms with Crippen LogP contribution in [0.3, 0.4) is 0 Å². The number of rotatable bonds is 8. The van der Waals surface area contributed by atoms with Gasteiger partial charge in [-0.3, -0.25) is 18.7 Å². The summed E-state index contributed by atoms with van der Waals surface area (Å²) in [5.41, 5.74) is 6.97. The third kappa shape index (κ3) is 5.38. The van der Waals surface area contributed by atoms with Crippen LogP contribution in [0.1, 0.15) is 27.0 Å². The SMILES string of the molecule is Cc1ccc(OCC(=O)OCC(=O)c2c(N)n(Cc3ccccc3)c(=O)n(C)c2=O)cc1C. The Morgan fingerprint density at radius 3 is 2.33 bits per heavy atom. The van der Waals surface area contributed by atoms with Crippen LogP contribution in [0.4, 0.5) is 5.82 Å². The van der Waals surface area contributed by atoms with Crippen LogP contribution in [-0.2, 0) is 23.1 Å². The zero-order valence-corrected chi connectivity index (χ0v) is 18.7. The number of carbonyl (C=O) groups is 2. The van der Waals surface area contributed by atoms with Crippen LogP contribution in [0.15, 0.2) is 58.1 Å². The fraction of sp³-hybridized carbons (Fsp3) is 0.250. The van der Waals surface area contributed by atoms with Gasteiger partial charge in [-0.2, -0.15) is 0 Å². The molecule has 2 N–H and O–H groups in total. The molecular formula is C24H25N3O6. The zero-order valence-electron chi connectivity index (χ0n) is 18.7. The van der Waals surface area contributed by atoms with Crippen molar-refractivity contribution in [3.8, 4) is 5.75 Å². The maximum atomic E-state index is 12.7. The number of Topliss-reactive ketones (excluding diaryl/α,β-unsaturated/α-hetero) is 1. The molecule has 33 heavy (non-hydrogen) atoms. The van der Waals surface area contributed by atoms with Crippen molar-refractivity contribution in [2.75, 3.05) is 18.9 Å². The first kappa shape index (κ1) is 23.5. The van der Waals surface area contributed by atoms with E-state index in [0.717, 1.165) is 25.8 Å². The van der Waals surface area contributed by atoms with Crippen molar-refractivity contribution in [1.29, 1.82) is 0 Å². The summed E-state index contributed by atoms with van der Waals surface area (Å²) in [6.45, 7) is 2.83. The summed E-state index contributed by atoms with van der Waals surface area (Å²) >= 11 is 0. The molecule has 0 radical (unpaired) electrons. The van der Waals surface area contributed by atoms with Gasteiger partial charge in [0.15, 0.2) is 13.2 Å². The van der Waals surface area contributed by atoms with Gasteiger partial charge in [-0.1, -0.05) is 36.4 Å². The highest BCUT2D eigenvalue weighted by atomic mass is 16.6. The minimum atomic E-state index is -0.853. The van der Waals surface area contributed by atoms with Gasteiger partial charge in [0.1, 0.15) is 17.1 Å². The lowest BCUT2D eigenvalue weighted by molar-refractivity contribution is -0.144. The van der Waals surface area contributed by atoms with Gasteiger partial charge in [-0.15, -0.1) is 0 Å². The number of benzene rings is 2. The van der Waals surface area contributed by atoms with Crippen LogP contribution in [0.5, 0.6) is 5.75 Å². The number of anilines is 1. The van der Waals surface area contributed by atoms with Crippen LogP contribution in [0, 0.1) is 13.8 Å². The van der Waals surface area contributed by atoms with Crippen LogP contribution in [0.25, 0.3) is 0 Å². The second-order valence-electron chi connectivity index (χ2n) is 7.60. The van der Waals surface area contributed by atoms with Gasteiger partial charge in [0.05, 0.1) is 6.54 Å². The second kappa shape index (κ2) is 9.99. The van der Waals surface area contributed by atoms with Gasteiger partial charge >= 0.3 is 11.7 Å². The number of aromatic nitrogens is 2. The molecule has 0 amide bonds. The minimum absolute atomic E-state index is 0.0729. The Morgan fingerprint density at radius 2 is 1.67 bits per heavy atom. The number of nitrogen functional groups attached to an aromatic ring is 1. The molecule has 0 saturated carbocycles. The van der Waals surface area contributed by atoms with E-state index in [1.165, 1.54) is 7.05 Å². The smallest absolute Gasteiger partial charge is 0.344 e. The molecule has 9 nitrogen and oxygen atoms in total. The predicted octanol–water partition coefficient (Wildman–Crippen LogP) is 1.60. The molecule has 0 atom stereocenters. The third-order valence-electron chi connectivity index (χ3n) is 5.24. The Labute approximate surface area is 190 Å². The number of hydrogen-bond donors (Lipinski definition) is 1. The van der Waals surface area contributed by atoms with Gasteiger partial charge in [0, 0.05) is 7.05 Å². The van der Waals surface area contributed by atoms with E-state index >= 15 is 0 Å². The number of ketones is 1. The predicted molar refractivity (Wildman–Crippen MR) is 123 cm³/mol. The van der Waals surface area contributed by atoms with Crippen molar-refractivity contribution in [1.82, 2.24) is 9.13 Å². The summed E-state index contributed by atoms with van der Waals surface area (Å²) in [5.74, 6) is -1.38. The molecule has 0 aliphatic rings. The molecule has 0 aliphatic heterocycles. The van der Waals surface area contributed by atoms with Crippen LogP contribution in [0.2, 0.25) is 0 Å². The molecule has 0 fully saturated rings. The molecule has 0 bridgehead atoms. The minimum Gasteiger partial charge on any atom is -0.482 e. The van der Waals surface area contributed by atoms with Crippen LogP contribution < -0.4 is 21.7 Å². The molecule has 3 rings (SSSR count). The average molecular weight is 451 g/mol.